The molecule has 0 amide bonds. The minimum Gasteiger partial charge on any atom is -0.512 e. The van der Waals surface area contributed by atoms with Crippen LogP contribution in [0.25, 0.3) is 0 Å². The predicted molar refractivity (Wildman–Crippen MR) is 107 cm³/mol. The summed E-state index contributed by atoms with van der Waals surface area (Å²) in [5.41, 5.74) is 3.66. The van der Waals surface area contributed by atoms with Crippen molar-refractivity contribution in [2.24, 2.45) is 0 Å². The molecule has 4 N–H and O–H groups in total. The first-order valence-corrected chi connectivity index (χ1v) is 9.89. The molecule has 0 aliphatic carbocycles. The molecular weight excluding hydrogens is 396 g/mol. The molecule has 1 unspecified atom stereocenters. The molecule has 0 bridgehead atoms. The zero-order chi connectivity index (χ0) is 20.5. The third-order valence-electron chi connectivity index (χ3n) is 5.51. The monoisotopic (exact) mass is 418 g/mol. The van der Waals surface area contributed by atoms with E-state index in [0.717, 1.165) is 29.7 Å². The molecular formula is C22H23ClO6. The maximum Gasteiger partial charge on any atom is 0.162 e. The number of hydrogen-bond acceptors (Lipinski definition) is 6. The lowest BCUT2D eigenvalue weighted by Gasteiger charge is -2.37. The summed E-state index contributed by atoms with van der Waals surface area (Å²) < 4.78 is 11.0. The average Bonchev–Trinajstić information content (AvgIpc) is 2.68. The van der Waals surface area contributed by atoms with Crippen LogP contribution in [0.5, 0.6) is 0 Å². The lowest BCUT2D eigenvalue weighted by Crippen LogP contribution is -2.47. The van der Waals surface area contributed by atoms with E-state index in [1.165, 1.54) is 0 Å². The molecule has 2 aliphatic heterocycles. The highest BCUT2D eigenvalue weighted by Gasteiger charge is 2.42. The van der Waals surface area contributed by atoms with Crippen LogP contribution in [0.3, 0.4) is 0 Å². The van der Waals surface area contributed by atoms with E-state index in [9.17, 15) is 20.4 Å². The van der Waals surface area contributed by atoms with Crippen LogP contribution in [-0.2, 0) is 15.9 Å². The highest BCUT2D eigenvalue weighted by Crippen LogP contribution is 2.36. The lowest BCUT2D eigenvalue weighted by atomic mass is 9.91. The molecule has 2 aromatic rings. The van der Waals surface area contributed by atoms with Crippen LogP contribution in [0, 0.1) is 0 Å². The van der Waals surface area contributed by atoms with Gasteiger partial charge in [-0.25, -0.2) is 0 Å². The maximum absolute atomic E-state index is 10.3. The summed E-state index contributed by atoms with van der Waals surface area (Å²) in [6.07, 6.45) is -2.86. The molecule has 4 rings (SSSR count). The highest BCUT2D eigenvalue weighted by molar-refractivity contribution is 6.31. The standard InChI is InChI=1S/C22H23ClO6/c23-16-6-5-14(22-21(27)20(26)19(25)18(11-24)29-22)10-15(16)9-12-1-3-13(4-2-12)17-7-8-28-17/h1-6,10-11,17,19-22,24-27H,7-9H2/b18-11+/t17?,19-,20+,21-,22+/m1/s1. The molecule has 0 saturated carbocycles. The summed E-state index contributed by atoms with van der Waals surface area (Å²) >= 11 is 6.38. The quantitative estimate of drug-likeness (QED) is 0.570. The molecule has 0 aromatic heterocycles. The summed E-state index contributed by atoms with van der Waals surface area (Å²) in [7, 11) is 0. The van der Waals surface area contributed by atoms with Crippen molar-refractivity contribution >= 4 is 11.6 Å². The Morgan fingerprint density at radius 1 is 1.00 bits per heavy atom. The molecule has 154 valence electrons. The summed E-state index contributed by atoms with van der Waals surface area (Å²) in [5, 5.41) is 40.1. The van der Waals surface area contributed by atoms with Crippen molar-refractivity contribution in [1.29, 1.82) is 0 Å². The second kappa shape index (κ2) is 8.34. The van der Waals surface area contributed by atoms with Crippen molar-refractivity contribution in [3.05, 3.63) is 81.8 Å². The fourth-order valence-corrected chi connectivity index (χ4v) is 3.85. The van der Waals surface area contributed by atoms with Gasteiger partial charge in [0.15, 0.2) is 11.9 Å². The van der Waals surface area contributed by atoms with Gasteiger partial charge < -0.3 is 29.9 Å². The number of rotatable bonds is 4. The van der Waals surface area contributed by atoms with Crippen LogP contribution in [0.1, 0.15) is 40.9 Å². The topological polar surface area (TPSA) is 99.4 Å². The van der Waals surface area contributed by atoms with Gasteiger partial charge in [-0.15, -0.1) is 0 Å². The molecule has 6 nitrogen and oxygen atoms in total. The number of benzene rings is 2. The number of halogens is 1. The smallest absolute Gasteiger partial charge is 0.162 e. The largest absolute Gasteiger partial charge is 0.512 e. The third kappa shape index (κ3) is 3.99. The number of ether oxygens (including phenoxy) is 2. The number of aliphatic hydroxyl groups excluding tert-OH is 4. The van der Waals surface area contributed by atoms with E-state index in [0.29, 0.717) is 23.3 Å². The second-order valence-corrected chi connectivity index (χ2v) is 7.82. The van der Waals surface area contributed by atoms with Crippen LogP contribution in [0.4, 0.5) is 0 Å². The molecule has 0 radical (unpaired) electrons. The van der Waals surface area contributed by atoms with Crippen LogP contribution in [0.2, 0.25) is 5.02 Å². The summed E-state index contributed by atoms with van der Waals surface area (Å²) in [4.78, 5) is 0. The van der Waals surface area contributed by atoms with Crippen molar-refractivity contribution in [2.75, 3.05) is 6.61 Å². The summed E-state index contributed by atoms with van der Waals surface area (Å²) in [5.74, 6) is -0.196. The Morgan fingerprint density at radius 3 is 2.31 bits per heavy atom. The van der Waals surface area contributed by atoms with E-state index in [1.807, 2.05) is 12.1 Å². The van der Waals surface area contributed by atoms with Gasteiger partial charge in [0.1, 0.15) is 24.6 Å². The van der Waals surface area contributed by atoms with Gasteiger partial charge in [-0.1, -0.05) is 48.0 Å². The SMILES string of the molecule is O/C=C1/O[C@@H](c2ccc(Cl)c(Cc3ccc(C4CCO4)cc3)c2)[C@H](O)[C@@H](O)[C@@H]1O. The molecule has 2 aromatic carbocycles. The first-order valence-electron chi connectivity index (χ1n) is 9.52. The van der Waals surface area contributed by atoms with E-state index in [2.05, 4.69) is 12.1 Å². The van der Waals surface area contributed by atoms with Gasteiger partial charge in [-0.05, 0) is 34.7 Å². The van der Waals surface area contributed by atoms with E-state index in [-0.39, 0.29) is 11.9 Å². The van der Waals surface area contributed by atoms with E-state index < -0.39 is 24.4 Å². The van der Waals surface area contributed by atoms with Crippen molar-refractivity contribution in [3.8, 4) is 0 Å². The van der Waals surface area contributed by atoms with Gasteiger partial charge in [0, 0.05) is 11.4 Å². The van der Waals surface area contributed by atoms with Gasteiger partial charge >= 0.3 is 0 Å². The maximum atomic E-state index is 10.3. The Kier molecular flexibility index (Phi) is 5.81. The Hall–Kier alpha value is -2.09. The van der Waals surface area contributed by atoms with E-state index >= 15 is 0 Å². The van der Waals surface area contributed by atoms with Crippen LogP contribution < -0.4 is 0 Å². The minimum atomic E-state index is -1.49. The van der Waals surface area contributed by atoms with Gasteiger partial charge in [-0.2, -0.15) is 0 Å². The Bertz CT molecular complexity index is 893. The van der Waals surface area contributed by atoms with Crippen molar-refractivity contribution in [2.45, 2.75) is 43.4 Å². The highest BCUT2D eigenvalue weighted by atomic mass is 35.5. The first-order chi connectivity index (χ1) is 14.0. The predicted octanol–water partition coefficient (Wildman–Crippen LogP) is 2.95. The second-order valence-electron chi connectivity index (χ2n) is 7.41. The van der Waals surface area contributed by atoms with E-state index in [1.54, 1.807) is 18.2 Å². The molecule has 7 heteroatoms. The molecule has 2 heterocycles. The van der Waals surface area contributed by atoms with E-state index in [4.69, 9.17) is 21.1 Å². The summed E-state index contributed by atoms with van der Waals surface area (Å²) in [6, 6.07) is 13.4. The van der Waals surface area contributed by atoms with Gasteiger partial charge in [0.2, 0.25) is 0 Å². The van der Waals surface area contributed by atoms with Gasteiger partial charge in [0.25, 0.3) is 0 Å². The molecule has 0 spiro atoms. The lowest BCUT2D eigenvalue weighted by molar-refractivity contribution is -0.159. The van der Waals surface area contributed by atoms with Gasteiger partial charge in [-0.3, -0.25) is 0 Å². The zero-order valence-electron chi connectivity index (χ0n) is 15.6. The Balaban J connectivity index is 1.55. The Morgan fingerprint density at radius 2 is 1.69 bits per heavy atom. The van der Waals surface area contributed by atoms with Crippen molar-refractivity contribution in [3.63, 3.8) is 0 Å². The van der Waals surface area contributed by atoms with Crippen molar-refractivity contribution < 1.29 is 29.9 Å². The molecule has 2 fully saturated rings. The van der Waals surface area contributed by atoms with Crippen LogP contribution >= 0.6 is 11.6 Å². The fourth-order valence-electron chi connectivity index (χ4n) is 3.67. The Labute approximate surface area is 173 Å². The summed E-state index contributed by atoms with van der Waals surface area (Å²) in [6.45, 7) is 0.808. The number of aliphatic hydroxyl groups is 4. The molecule has 5 atom stereocenters. The molecule has 2 aliphatic rings. The third-order valence-corrected chi connectivity index (χ3v) is 5.88. The molecule has 29 heavy (non-hydrogen) atoms. The number of hydrogen-bond donors (Lipinski definition) is 4. The first kappa shape index (κ1) is 20.2. The minimum absolute atomic E-state index is 0.191. The van der Waals surface area contributed by atoms with Crippen LogP contribution in [-0.4, -0.2) is 45.3 Å². The average molecular weight is 419 g/mol. The van der Waals surface area contributed by atoms with Crippen LogP contribution in [0.15, 0.2) is 54.5 Å². The van der Waals surface area contributed by atoms with Crippen molar-refractivity contribution in [1.82, 2.24) is 0 Å². The molecule has 2 saturated heterocycles. The normalized spacial score (nSPS) is 30.6. The van der Waals surface area contributed by atoms with Gasteiger partial charge in [0.05, 0.1) is 12.7 Å². The zero-order valence-corrected chi connectivity index (χ0v) is 16.4. The fraction of sp³-hybridized carbons (Fsp3) is 0.364.